The first-order valence-corrected chi connectivity index (χ1v) is 7.23. The van der Waals surface area contributed by atoms with Gasteiger partial charge in [-0.2, -0.15) is 0 Å². The lowest BCUT2D eigenvalue weighted by molar-refractivity contribution is 0.220. The molecule has 1 atom stereocenters. The van der Waals surface area contributed by atoms with E-state index in [0.29, 0.717) is 5.71 Å². The zero-order chi connectivity index (χ0) is 15.4. The van der Waals surface area contributed by atoms with E-state index < -0.39 is 6.10 Å². The summed E-state index contributed by atoms with van der Waals surface area (Å²) >= 11 is 0. The monoisotopic (exact) mass is 287 g/mol. The molecule has 3 aromatic carbocycles. The van der Waals surface area contributed by atoms with Crippen molar-refractivity contribution in [3.63, 3.8) is 0 Å². The molecule has 0 radical (unpaired) electrons. The van der Waals surface area contributed by atoms with Gasteiger partial charge in [0.05, 0.1) is 5.71 Å². The van der Waals surface area contributed by atoms with Gasteiger partial charge in [0.15, 0.2) is 0 Å². The molecule has 1 unspecified atom stereocenters. The van der Waals surface area contributed by atoms with Gasteiger partial charge in [-0.15, -0.1) is 0 Å². The molecule has 3 aromatic rings. The fourth-order valence-corrected chi connectivity index (χ4v) is 2.46. The Morgan fingerprint density at radius 3 is 1.91 bits per heavy atom. The van der Waals surface area contributed by atoms with Gasteiger partial charge in [-0.3, -0.25) is 5.41 Å². The molecule has 0 aliphatic carbocycles. The lowest BCUT2D eigenvalue weighted by Crippen LogP contribution is -2.04. The molecule has 2 heteroatoms. The van der Waals surface area contributed by atoms with Crippen LogP contribution in [0, 0.1) is 5.41 Å². The highest BCUT2D eigenvalue weighted by Crippen LogP contribution is 2.23. The molecule has 0 saturated heterocycles. The molecular weight excluding hydrogens is 270 g/mol. The molecule has 0 aromatic heterocycles. The summed E-state index contributed by atoms with van der Waals surface area (Å²) in [5.74, 6) is 0. The van der Waals surface area contributed by atoms with Crippen molar-refractivity contribution in [3.05, 3.63) is 107 Å². The van der Waals surface area contributed by atoms with Gasteiger partial charge in [0.25, 0.3) is 0 Å². The second kappa shape index (κ2) is 6.37. The van der Waals surface area contributed by atoms with E-state index >= 15 is 0 Å². The number of hydrogen-bond acceptors (Lipinski definition) is 2. The van der Waals surface area contributed by atoms with Crippen LogP contribution in [0.15, 0.2) is 84.9 Å². The van der Waals surface area contributed by atoms with Gasteiger partial charge < -0.3 is 5.11 Å². The van der Waals surface area contributed by atoms with Gasteiger partial charge in [0.2, 0.25) is 0 Å². The summed E-state index contributed by atoms with van der Waals surface area (Å²) < 4.78 is 0. The Hall–Kier alpha value is -2.71. The zero-order valence-corrected chi connectivity index (χ0v) is 12.1. The van der Waals surface area contributed by atoms with Crippen LogP contribution in [0.25, 0.3) is 0 Å². The molecular formula is C20H17NO. The van der Waals surface area contributed by atoms with Crippen LogP contribution in [0.4, 0.5) is 0 Å². The maximum absolute atomic E-state index is 10.5. The average molecular weight is 287 g/mol. The summed E-state index contributed by atoms with van der Waals surface area (Å²) in [5.41, 5.74) is 3.78. The van der Waals surface area contributed by atoms with Crippen LogP contribution in [-0.2, 0) is 0 Å². The highest BCUT2D eigenvalue weighted by Gasteiger charge is 2.12. The van der Waals surface area contributed by atoms with Gasteiger partial charge in [-0.1, -0.05) is 78.9 Å². The highest BCUT2D eigenvalue weighted by molar-refractivity contribution is 6.10. The maximum atomic E-state index is 10.5. The van der Waals surface area contributed by atoms with Crippen molar-refractivity contribution < 1.29 is 5.11 Å². The molecule has 0 saturated carbocycles. The molecule has 0 aliphatic rings. The first kappa shape index (κ1) is 14.2. The van der Waals surface area contributed by atoms with Crippen LogP contribution in [-0.4, -0.2) is 10.8 Å². The minimum Gasteiger partial charge on any atom is -0.384 e. The zero-order valence-electron chi connectivity index (χ0n) is 12.1. The largest absolute Gasteiger partial charge is 0.384 e. The van der Waals surface area contributed by atoms with Gasteiger partial charge in [-0.25, -0.2) is 0 Å². The lowest BCUT2D eigenvalue weighted by atomic mass is 9.96. The number of rotatable bonds is 4. The Morgan fingerprint density at radius 2 is 1.23 bits per heavy atom. The predicted molar refractivity (Wildman–Crippen MR) is 89.3 cm³/mol. The lowest BCUT2D eigenvalue weighted by Gasteiger charge is -2.13. The van der Waals surface area contributed by atoms with Crippen molar-refractivity contribution >= 4 is 5.71 Å². The topological polar surface area (TPSA) is 44.1 Å². The van der Waals surface area contributed by atoms with E-state index in [-0.39, 0.29) is 0 Å². The van der Waals surface area contributed by atoms with Gasteiger partial charge in [0.1, 0.15) is 6.10 Å². The van der Waals surface area contributed by atoms with Crippen molar-refractivity contribution in [3.8, 4) is 0 Å². The van der Waals surface area contributed by atoms with Crippen LogP contribution in [0.5, 0.6) is 0 Å². The first-order chi connectivity index (χ1) is 10.8. The summed E-state index contributed by atoms with van der Waals surface area (Å²) in [6.07, 6.45) is -0.676. The second-order valence-electron chi connectivity index (χ2n) is 5.18. The number of benzene rings is 3. The van der Waals surface area contributed by atoms with Crippen molar-refractivity contribution in [2.24, 2.45) is 0 Å². The van der Waals surface area contributed by atoms with Gasteiger partial charge >= 0.3 is 0 Å². The van der Waals surface area contributed by atoms with Gasteiger partial charge in [0, 0.05) is 5.56 Å². The molecule has 0 heterocycles. The molecule has 22 heavy (non-hydrogen) atoms. The fourth-order valence-electron chi connectivity index (χ4n) is 2.46. The summed E-state index contributed by atoms with van der Waals surface area (Å²) in [6.45, 7) is 0. The Kier molecular flexibility index (Phi) is 4.12. The SMILES string of the molecule is N=C(c1ccccc1)c1cccc(C(O)c2ccccc2)c1. The standard InChI is InChI=1S/C20H17NO/c21-19(15-8-3-1-4-9-15)17-12-7-13-18(14-17)20(22)16-10-5-2-6-11-16/h1-14,20-22H. The molecule has 2 nitrogen and oxygen atoms in total. The van der Waals surface area contributed by atoms with E-state index in [4.69, 9.17) is 5.41 Å². The van der Waals surface area contributed by atoms with E-state index in [1.165, 1.54) is 0 Å². The van der Waals surface area contributed by atoms with Crippen molar-refractivity contribution in [2.75, 3.05) is 0 Å². The van der Waals surface area contributed by atoms with E-state index in [1.54, 1.807) is 0 Å². The van der Waals surface area contributed by atoms with Crippen molar-refractivity contribution in [1.29, 1.82) is 5.41 Å². The molecule has 0 fully saturated rings. The Labute approximate surface area is 130 Å². The second-order valence-corrected chi connectivity index (χ2v) is 5.18. The summed E-state index contributed by atoms with van der Waals surface area (Å²) in [4.78, 5) is 0. The maximum Gasteiger partial charge on any atom is 0.104 e. The Bertz CT molecular complexity index is 766. The first-order valence-electron chi connectivity index (χ1n) is 7.23. The molecule has 2 N–H and O–H groups in total. The van der Waals surface area contributed by atoms with Crippen LogP contribution >= 0.6 is 0 Å². The van der Waals surface area contributed by atoms with E-state index in [1.807, 2.05) is 84.9 Å². The number of aliphatic hydroxyl groups excluding tert-OH is 1. The minimum absolute atomic E-state index is 0.461. The van der Waals surface area contributed by atoms with Crippen LogP contribution in [0.1, 0.15) is 28.4 Å². The van der Waals surface area contributed by atoms with Crippen molar-refractivity contribution in [2.45, 2.75) is 6.10 Å². The van der Waals surface area contributed by atoms with E-state index in [9.17, 15) is 5.11 Å². The Balaban J connectivity index is 1.92. The molecule has 0 spiro atoms. The third-order valence-corrected chi connectivity index (χ3v) is 3.67. The fraction of sp³-hybridized carbons (Fsp3) is 0.0500. The minimum atomic E-state index is -0.676. The summed E-state index contributed by atoms with van der Waals surface area (Å²) in [5, 5.41) is 18.8. The number of hydrogen-bond donors (Lipinski definition) is 2. The van der Waals surface area contributed by atoms with Crippen molar-refractivity contribution in [1.82, 2.24) is 0 Å². The third kappa shape index (κ3) is 2.97. The van der Waals surface area contributed by atoms with Crippen LogP contribution in [0.3, 0.4) is 0 Å². The van der Waals surface area contributed by atoms with Gasteiger partial charge in [-0.05, 0) is 22.8 Å². The van der Waals surface area contributed by atoms with E-state index in [2.05, 4.69) is 0 Å². The number of aliphatic hydroxyl groups is 1. The summed E-state index contributed by atoms with van der Waals surface area (Å²) in [6, 6.07) is 26.7. The summed E-state index contributed by atoms with van der Waals surface area (Å²) in [7, 11) is 0. The third-order valence-electron chi connectivity index (χ3n) is 3.67. The average Bonchev–Trinajstić information content (AvgIpc) is 2.62. The normalized spacial score (nSPS) is 11.9. The molecule has 0 amide bonds. The van der Waals surface area contributed by atoms with Crippen LogP contribution in [0.2, 0.25) is 0 Å². The molecule has 0 aliphatic heterocycles. The molecule has 108 valence electrons. The predicted octanol–water partition coefficient (Wildman–Crippen LogP) is 4.18. The highest BCUT2D eigenvalue weighted by atomic mass is 16.3. The molecule has 3 rings (SSSR count). The smallest absolute Gasteiger partial charge is 0.104 e. The van der Waals surface area contributed by atoms with Crippen LogP contribution < -0.4 is 0 Å². The number of nitrogens with one attached hydrogen (secondary N) is 1. The Morgan fingerprint density at radius 1 is 0.682 bits per heavy atom. The van der Waals surface area contributed by atoms with E-state index in [0.717, 1.165) is 22.3 Å². The molecule has 0 bridgehead atoms. The quantitative estimate of drug-likeness (QED) is 0.694.